The van der Waals surface area contributed by atoms with Crippen LogP contribution in [0.1, 0.15) is 32.4 Å². The van der Waals surface area contributed by atoms with Crippen molar-refractivity contribution < 1.29 is 22.8 Å². The molecule has 10 heteroatoms. The van der Waals surface area contributed by atoms with Gasteiger partial charge in [0, 0.05) is 43.4 Å². The van der Waals surface area contributed by atoms with Crippen molar-refractivity contribution in [2.24, 2.45) is 7.05 Å². The fourth-order valence-electron chi connectivity index (χ4n) is 3.88. The number of alkyl halides is 3. The number of benzene rings is 2. The van der Waals surface area contributed by atoms with E-state index in [1.807, 2.05) is 7.05 Å². The average Bonchev–Trinajstić information content (AvgIpc) is 3.09. The predicted octanol–water partition coefficient (Wildman–Crippen LogP) is 4.73. The molecule has 2 aromatic carbocycles. The van der Waals surface area contributed by atoms with Crippen molar-refractivity contribution in [1.82, 2.24) is 14.5 Å². The summed E-state index contributed by atoms with van der Waals surface area (Å²) in [4.78, 5) is 31.2. The molecule has 0 saturated carbocycles. The van der Waals surface area contributed by atoms with Gasteiger partial charge >= 0.3 is 6.18 Å². The number of fused-ring (bicyclic) bond motifs is 1. The van der Waals surface area contributed by atoms with Gasteiger partial charge in [-0.2, -0.15) is 13.2 Å². The smallest absolute Gasteiger partial charge is 0.327 e. The number of carbonyl (C=O) groups excluding carboxylic acids is 2. The Balaban J connectivity index is 1.63. The van der Waals surface area contributed by atoms with Gasteiger partial charge in [-0.1, -0.05) is 41.9 Å². The van der Waals surface area contributed by atoms with E-state index >= 15 is 0 Å². The lowest BCUT2D eigenvalue weighted by Gasteiger charge is -2.21. The molecule has 2 heterocycles. The Morgan fingerprint density at radius 2 is 1.85 bits per heavy atom. The summed E-state index contributed by atoms with van der Waals surface area (Å²) >= 11 is 6.50. The molecule has 0 fully saturated rings. The summed E-state index contributed by atoms with van der Waals surface area (Å²) in [5.41, 5.74) is 2.35. The SMILES string of the molecule is CN1CCc2c(nc(C(=O)Nc3cccc(-c4cccc(C(=O)C(F)(F)F)c4)c3Cl)n2C)C1. The van der Waals surface area contributed by atoms with Crippen molar-refractivity contribution in [1.29, 1.82) is 0 Å². The van der Waals surface area contributed by atoms with Gasteiger partial charge in [0.05, 0.1) is 16.4 Å². The molecule has 1 aliphatic rings. The minimum Gasteiger partial charge on any atom is -0.327 e. The molecule has 0 atom stereocenters. The van der Waals surface area contributed by atoms with Crippen LogP contribution >= 0.6 is 11.6 Å². The zero-order chi connectivity index (χ0) is 23.9. The second-order valence-electron chi connectivity index (χ2n) is 7.90. The summed E-state index contributed by atoms with van der Waals surface area (Å²) in [7, 11) is 3.77. The van der Waals surface area contributed by atoms with Gasteiger partial charge in [0.25, 0.3) is 11.7 Å². The first-order chi connectivity index (χ1) is 15.6. The Morgan fingerprint density at radius 1 is 1.12 bits per heavy atom. The molecule has 4 rings (SSSR count). The van der Waals surface area contributed by atoms with Gasteiger partial charge in [0.15, 0.2) is 5.82 Å². The molecule has 0 radical (unpaired) electrons. The van der Waals surface area contributed by atoms with E-state index < -0.39 is 23.4 Å². The Morgan fingerprint density at radius 3 is 2.58 bits per heavy atom. The van der Waals surface area contributed by atoms with E-state index in [1.165, 1.54) is 6.07 Å². The van der Waals surface area contributed by atoms with Crippen LogP contribution in [0.5, 0.6) is 0 Å². The van der Waals surface area contributed by atoms with Crippen LogP contribution in [0.2, 0.25) is 5.02 Å². The van der Waals surface area contributed by atoms with Crippen molar-refractivity contribution in [3.05, 3.63) is 70.3 Å². The maximum absolute atomic E-state index is 13.0. The van der Waals surface area contributed by atoms with Crippen LogP contribution in [0, 0.1) is 0 Å². The minimum absolute atomic E-state index is 0.140. The highest BCUT2D eigenvalue weighted by Crippen LogP contribution is 2.35. The van der Waals surface area contributed by atoms with Crippen LogP contribution in [-0.2, 0) is 20.0 Å². The van der Waals surface area contributed by atoms with E-state index in [2.05, 4.69) is 15.2 Å². The maximum atomic E-state index is 13.0. The lowest BCUT2D eigenvalue weighted by molar-refractivity contribution is -0.0885. The van der Waals surface area contributed by atoms with Crippen molar-refractivity contribution >= 4 is 29.0 Å². The molecule has 1 aromatic heterocycles. The van der Waals surface area contributed by atoms with Crippen LogP contribution in [0.3, 0.4) is 0 Å². The van der Waals surface area contributed by atoms with Gasteiger partial charge in [0.1, 0.15) is 0 Å². The monoisotopic (exact) mass is 476 g/mol. The number of Topliss-reactive ketones (excluding diaryl/α,β-unsaturated/α-hetero) is 1. The topological polar surface area (TPSA) is 67.2 Å². The molecule has 0 saturated heterocycles. The highest BCUT2D eigenvalue weighted by Gasteiger charge is 2.39. The number of halogens is 4. The predicted molar refractivity (Wildman–Crippen MR) is 118 cm³/mol. The average molecular weight is 477 g/mol. The number of carbonyl (C=O) groups is 2. The first-order valence-electron chi connectivity index (χ1n) is 10.1. The Labute approximate surface area is 193 Å². The highest BCUT2D eigenvalue weighted by molar-refractivity contribution is 6.36. The van der Waals surface area contributed by atoms with Crippen LogP contribution in [0.25, 0.3) is 11.1 Å². The molecule has 0 spiro atoms. The zero-order valence-electron chi connectivity index (χ0n) is 17.8. The summed E-state index contributed by atoms with van der Waals surface area (Å²) in [6.45, 7) is 1.52. The lowest BCUT2D eigenvalue weighted by Crippen LogP contribution is -2.27. The molecule has 33 heavy (non-hydrogen) atoms. The quantitative estimate of drug-likeness (QED) is 0.553. The van der Waals surface area contributed by atoms with Crippen molar-refractivity contribution in [2.75, 3.05) is 18.9 Å². The number of nitrogens with one attached hydrogen (secondary N) is 1. The van der Waals surface area contributed by atoms with Gasteiger partial charge in [-0.25, -0.2) is 4.98 Å². The van der Waals surface area contributed by atoms with Crippen LogP contribution in [0.15, 0.2) is 42.5 Å². The summed E-state index contributed by atoms with van der Waals surface area (Å²) in [6, 6.07) is 9.93. The van der Waals surface area contributed by atoms with E-state index in [9.17, 15) is 22.8 Å². The number of hydrogen-bond donors (Lipinski definition) is 1. The third-order valence-electron chi connectivity index (χ3n) is 5.59. The molecular formula is C23H20ClF3N4O2. The fraction of sp³-hybridized carbons (Fsp3) is 0.261. The summed E-state index contributed by atoms with van der Waals surface area (Å²) in [5.74, 6) is -2.14. The maximum Gasteiger partial charge on any atom is 0.454 e. The first-order valence-corrected chi connectivity index (χ1v) is 10.5. The zero-order valence-corrected chi connectivity index (χ0v) is 18.6. The number of anilines is 1. The number of hydrogen-bond acceptors (Lipinski definition) is 4. The first kappa shape index (κ1) is 23.0. The molecule has 3 aromatic rings. The van der Waals surface area contributed by atoms with Gasteiger partial charge in [-0.15, -0.1) is 0 Å². The number of imidazole rings is 1. The number of ketones is 1. The molecule has 0 unspecified atom stereocenters. The number of aromatic nitrogens is 2. The largest absolute Gasteiger partial charge is 0.454 e. The number of rotatable bonds is 4. The molecule has 172 valence electrons. The second kappa shape index (κ2) is 8.64. The van der Waals surface area contributed by atoms with Gasteiger partial charge < -0.3 is 14.8 Å². The molecule has 0 bridgehead atoms. The van der Waals surface area contributed by atoms with Crippen LogP contribution < -0.4 is 5.32 Å². The van der Waals surface area contributed by atoms with E-state index in [-0.39, 0.29) is 16.5 Å². The van der Waals surface area contributed by atoms with Crippen LogP contribution in [-0.4, -0.2) is 45.9 Å². The molecule has 0 aliphatic carbocycles. The standard InChI is InChI=1S/C23H20ClF3N4O2/c1-30-10-9-18-17(12-30)28-21(31(18)2)22(33)29-16-8-4-7-15(19(16)24)13-5-3-6-14(11-13)20(32)23(25,26)27/h3-8,11H,9-10,12H2,1-2H3,(H,29,33). The number of likely N-dealkylation sites (N-methyl/N-ethyl adjacent to an activating group) is 1. The van der Waals surface area contributed by atoms with E-state index in [0.717, 1.165) is 36.5 Å². The second-order valence-corrected chi connectivity index (χ2v) is 8.28. The highest BCUT2D eigenvalue weighted by atomic mass is 35.5. The van der Waals surface area contributed by atoms with Crippen LogP contribution in [0.4, 0.5) is 18.9 Å². The van der Waals surface area contributed by atoms with Gasteiger partial charge in [0.2, 0.25) is 0 Å². The number of amides is 1. The third kappa shape index (κ3) is 4.51. The summed E-state index contributed by atoms with van der Waals surface area (Å²) in [6.07, 6.45) is -4.19. The molecule has 1 aliphatic heterocycles. The molecule has 1 amide bonds. The Hall–Kier alpha value is -3.17. The Bertz CT molecular complexity index is 1250. The summed E-state index contributed by atoms with van der Waals surface area (Å²) < 4.78 is 40.2. The van der Waals surface area contributed by atoms with Crippen molar-refractivity contribution in [3.63, 3.8) is 0 Å². The third-order valence-corrected chi connectivity index (χ3v) is 6.00. The van der Waals surface area contributed by atoms with Gasteiger partial charge in [-0.05, 0) is 24.7 Å². The molecular weight excluding hydrogens is 457 g/mol. The lowest BCUT2D eigenvalue weighted by atomic mass is 10.0. The molecule has 6 nitrogen and oxygen atoms in total. The van der Waals surface area contributed by atoms with Crippen molar-refractivity contribution in [3.8, 4) is 11.1 Å². The molecule has 1 N–H and O–H groups in total. The summed E-state index contributed by atoms with van der Waals surface area (Å²) in [5, 5.41) is 2.88. The van der Waals surface area contributed by atoms with E-state index in [4.69, 9.17) is 11.6 Å². The van der Waals surface area contributed by atoms with E-state index in [1.54, 1.807) is 35.9 Å². The number of nitrogens with zero attached hydrogens (tertiary/aromatic N) is 3. The van der Waals surface area contributed by atoms with Gasteiger partial charge in [-0.3, -0.25) is 9.59 Å². The normalized spacial score (nSPS) is 14.1. The van der Waals surface area contributed by atoms with E-state index in [0.29, 0.717) is 17.7 Å². The minimum atomic E-state index is -4.98. The fourth-order valence-corrected chi connectivity index (χ4v) is 4.17. The Kier molecular flexibility index (Phi) is 6.02. The van der Waals surface area contributed by atoms with Crippen molar-refractivity contribution in [2.45, 2.75) is 19.1 Å².